The zero-order valence-corrected chi connectivity index (χ0v) is 20.9. The molecule has 0 aliphatic rings. The maximum atomic E-state index is 12.2. The van der Waals surface area contributed by atoms with Crippen LogP contribution < -0.4 is 0 Å². The molecule has 0 aromatic heterocycles. The summed E-state index contributed by atoms with van der Waals surface area (Å²) in [7, 11) is 0. The monoisotopic (exact) mass is 424 g/mol. The maximum absolute atomic E-state index is 12.2. The van der Waals surface area contributed by atoms with Gasteiger partial charge < -0.3 is 0 Å². The van der Waals surface area contributed by atoms with Crippen LogP contribution in [-0.2, 0) is 9.63 Å². The van der Waals surface area contributed by atoms with Crippen LogP contribution in [0.4, 0.5) is 0 Å². The average molecular weight is 425 g/mol. The first-order valence-electron chi connectivity index (χ1n) is 13.4. The van der Waals surface area contributed by atoms with Crippen molar-refractivity contribution in [2.45, 2.75) is 136 Å². The minimum atomic E-state index is -0.252. The second-order valence-corrected chi connectivity index (χ2v) is 9.15. The molecule has 0 saturated heterocycles. The van der Waals surface area contributed by atoms with E-state index in [1.54, 1.807) is 0 Å². The smallest absolute Gasteiger partial charge is 0.0853 e. The zero-order valence-electron chi connectivity index (χ0n) is 20.9. The Balaban J connectivity index is 4.74. The Bertz CT molecular complexity index is 354. The van der Waals surface area contributed by atoms with Crippen LogP contribution in [-0.4, -0.2) is 30.2 Å². The second-order valence-electron chi connectivity index (χ2n) is 9.15. The van der Waals surface area contributed by atoms with E-state index in [1.807, 2.05) is 0 Å². The van der Waals surface area contributed by atoms with Gasteiger partial charge in [0.25, 0.3) is 0 Å². The topological polar surface area (TPSA) is 29.1 Å². The predicted octanol–water partition coefficient (Wildman–Crippen LogP) is 8.53. The van der Waals surface area contributed by atoms with Crippen molar-refractivity contribution in [2.75, 3.05) is 19.6 Å². The van der Waals surface area contributed by atoms with Gasteiger partial charge in [-0.3, -0.25) is 0 Å². The molecule has 177 valence electrons. The molecule has 1 radical (unpaired) electrons. The van der Waals surface area contributed by atoms with Crippen molar-refractivity contribution in [2.24, 2.45) is 0 Å². The molecule has 0 aliphatic heterocycles. The number of carbonyl (C=O) groups excluding carboxylic acids is 1. The third kappa shape index (κ3) is 16.9. The summed E-state index contributed by atoms with van der Waals surface area (Å²) in [4.78, 5) is 18.2. The summed E-state index contributed by atoms with van der Waals surface area (Å²) in [6.45, 7) is 13.3. The van der Waals surface area contributed by atoms with E-state index in [-0.39, 0.29) is 5.97 Å². The summed E-state index contributed by atoms with van der Waals surface area (Å²) in [6, 6.07) is 0. The Kier molecular flexibility index (Phi) is 20.8. The first-order valence-corrected chi connectivity index (χ1v) is 13.4. The van der Waals surface area contributed by atoms with Crippen molar-refractivity contribution in [1.29, 1.82) is 0 Å². The van der Waals surface area contributed by atoms with Crippen molar-refractivity contribution < 1.29 is 14.3 Å². The molecule has 0 aromatic carbocycles. The lowest BCUT2D eigenvalue weighted by atomic mass is 10.1. The third-order valence-corrected chi connectivity index (χ3v) is 6.21. The van der Waals surface area contributed by atoms with E-state index in [2.05, 4.69) is 27.4 Å². The molecule has 0 bridgehead atoms. The summed E-state index contributed by atoms with van der Waals surface area (Å²) in [5, 5.41) is 0. The summed E-state index contributed by atoms with van der Waals surface area (Å²) in [6.07, 6.45) is 24.3. The zero-order chi connectivity index (χ0) is 22.3. The van der Waals surface area contributed by atoms with Gasteiger partial charge in [0, 0.05) is 19.3 Å². The van der Waals surface area contributed by atoms with Gasteiger partial charge in [-0.2, -0.15) is 0 Å². The number of nitrogens with zero attached hydrogens (tertiary/aromatic N) is 1. The molecular weight excluding hydrogens is 370 g/mol. The molecular formula is C27H54NO2+2. The van der Waals surface area contributed by atoms with E-state index in [1.165, 1.54) is 102 Å². The van der Waals surface area contributed by atoms with Gasteiger partial charge in [0.1, 0.15) is 19.6 Å². The molecule has 0 saturated carbocycles. The first-order chi connectivity index (χ1) is 14.6. The number of carbonyl (C=O) groups is 1. The molecule has 0 spiro atoms. The normalized spacial score (nSPS) is 11.6. The molecule has 3 heteroatoms. The number of unbranched alkanes of at least 4 members (excludes halogenated alkanes) is 15. The lowest BCUT2D eigenvalue weighted by molar-refractivity contribution is -1.09. The van der Waals surface area contributed by atoms with Crippen molar-refractivity contribution in [1.82, 2.24) is 0 Å². The molecule has 0 heterocycles. The Hall–Kier alpha value is -0.830. The van der Waals surface area contributed by atoms with Crippen LogP contribution in [0.1, 0.15) is 136 Å². The fraction of sp³-hybridized carbons (Fsp3) is 0.889. The van der Waals surface area contributed by atoms with E-state index in [9.17, 15) is 4.79 Å². The lowest BCUT2D eigenvalue weighted by Crippen LogP contribution is -2.51. The largest absolute Gasteiger partial charge is 0.662 e. The van der Waals surface area contributed by atoms with Gasteiger partial charge in [-0.1, -0.05) is 114 Å². The van der Waals surface area contributed by atoms with Crippen LogP contribution >= 0.6 is 0 Å². The van der Waals surface area contributed by atoms with Crippen LogP contribution in [0.25, 0.3) is 0 Å². The van der Waals surface area contributed by atoms with Crippen molar-refractivity contribution in [3.8, 4) is 0 Å². The number of rotatable bonds is 23. The van der Waals surface area contributed by atoms with Crippen molar-refractivity contribution >= 4 is 5.97 Å². The Labute approximate surface area is 189 Å². The molecule has 0 unspecified atom stereocenters. The maximum Gasteiger partial charge on any atom is 0.662 e. The highest BCUT2D eigenvalue weighted by molar-refractivity contribution is 5.80. The minimum absolute atomic E-state index is 0.252. The highest BCUT2D eigenvalue weighted by Crippen LogP contribution is 2.20. The lowest BCUT2D eigenvalue weighted by Gasteiger charge is -2.28. The van der Waals surface area contributed by atoms with Crippen LogP contribution in [0.5, 0.6) is 0 Å². The highest BCUT2D eigenvalue weighted by Gasteiger charge is 2.39. The van der Waals surface area contributed by atoms with Crippen molar-refractivity contribution in [3.63, 3.8) is 0 Å². The summed E-state index contributed by atoms with van der Waals surface area (Å²) >= 11 is 0. The fourth-order valence-corrected chi connectivity index (χ4v) is 4.24. The molecule has 3 nitrogen and oxygen atoms in total. The quantitative estimate of drug-likeness (QED) is 0.0540. The van der Waals surface area contributed by atoms with Gasteiger partial charge in [-0.05, 0) is 19.3 Å². The van der Waals surface area contributed by atoms with Crippen LogP contribution in [0.15, 0.2) is 12.7 Å². The number of quaternary nitrogens is 1. The van der Waals surface area contributed by atoms with Gasteiger partial charge in [-0.25, -0.2) is 0 Å². The SMILES string of the molecule is C=CC(=[O+])O[N+](CCCCCCCC)(CCCCCCCC)CCCCCCCC. The number of hydrogen-bond donors (Lipinski definition) is 0. The Morgan fingerprint density at radius 3 is 1.20 bits per heavy atom. The average Bonchev–Trinajstić information content (AvgIpc) is 2.75. The van der Waals surface area contributed by atoms with E-state index in [4.69, 9.17) is 4.84 Å². The summed E-state index contributed by atoms with van der Waals surface area (Å²) in [5.41, 5.74) is 0. The van der Waals surface area contributed by atoms with Crippen LogP contribution in [0.2, 0.25) is 0 Å². The van der Waals surface area contributed by atoms with Crippen molar-refractivity contribution in [3.05, 3.63) is 12.7 Å². The molecule has 0 N–H and O–H groups in total. The Morgan fingerprint density at radius 1 is 0.600 bits per heavy atom. The van der Waals surface area contributed by atoms with Gasteiger partial charge in [0.2, 0.25) is 0 Å². The summed E-state index contributed by atoms with van der Waals surface area (Å²) in [5.74, 6) is -0.252. The summed E-state index contributed by atoms with van der Waals surface area (Å²) < 4.78 is 0.528. The molecule has 0 aliphatic carbocycles. The van der Waals surface area contributed by atoms with E-state index >= 15 is 0 Å². The standard InChI is InChI=1S/C27H54NO2/c1-5-9-12-15-18-21-24-28(30-27(29)8-4,25-22-19-16-13-10-6-2)26-23-20-17-14-11-7-3/h8H,4-7,9-26H2,1-3H3/q+2. The molecule has 0 aromatic rings. The number of hydrogen-bond acceptors (Lipinski definition) is 2. The van der Waals surface area contributed by atoms with E-state index < -0.39 is 0 Å². The van der Waals surface area contributed by atoms with Gasteiger partial charge in [0.05, 0.1) is 10.9 Å². The predicted molar refractivity (Wildman–Crippen MR) is 131 cm³/mol. The molecule has 30 heavy (non-hydrogen) atoms. The number of hydroxylamine groups is 3. The Morgan fingerprint density at radius 2 is 0.900 bits per heavy atom. The second kappa shape index (κ2) is 21.4. The third-order valence-electron chi connectivity index (χ3n) is 6.21. The van der Waals surface area contributed by atoms with E-state index in [0.717, 1.165) is 38.9 Å². The van der Waals surface area contributed by atoms with Gasteiger partial charge in [-0.15, -0.1) is 0 Å². The molecule has 0 rings (SSSR count). The first kappa shape index (κ1) is 29.2. The van der Waals surface area contributed by atoms with E-state index in [0.29, 0.717) is 4.65 Å². The molecule has 0 fully saturated rings. The fourth-order valence-electron chi connectivity index (χ4n) is 4.24. The molecule has 0 atom stereocenters. The minimum Gasteiger partial charge on any atom is -0.0853 e. The van der Waals surface area contributed by atoms with Gasteiger partial charge in [0.15, 0.2) is 0 Å². The van der Waals surface area contributed by atoms with Crippen LogP contribution in [0.3, 0.4) is 0 Å². The highest BCUT2D eigenvalue weighted by atomic mass is 16.7. The molecule has 0 amide bonds. The van der Waals surface area contributed by atoms with Gasteiger partial charge >= 0.3 is 5.97 Å². The van der Waals surface area contributed by atoms with Crippen LogP contribution in [0, 0.1) is 0 Å².